The summed E-state index contributed by atoms with van der Waals surface area (Å²) < 4.78 is 24.7. The molecule has 0 radical (unpaired) electrons. The molecule has 1 aliphatic heterocycles. The van der Waals surface area contributed by atoms with Crippen LogP contribution in [0.5, 0.6) is 0 Å². The Hall–Kier alpha value is -0.880. The van der Waals surface area contributed by atoms with Crippen molar-refractivity contribution in [1.82, 2.24) is 9.78 Å². The fourth-order valence-corrected chi connectivity index (χ4v) is 4.34. The topological polar surface area (TPSA) is 72.2 Å². The van der Waals surface area contributed by atoms with Gasteiger partial charge in [-0.05, 0) is 25.8 Å². The van der Waals surface area contributed by atoms with Gasteiger partial charge in [-0.15, -0.1) is 0 Å². The molecule has 96 valence electrons. The molecule has 0 aliphatic carbocycles. The molecule has 6 heteroatoms. The van der Waals surface area contributed by atoms with E-state index < -0.39 is 22.0 Å². The Morgan fingerprint density at radius 2 is 2.06 bits per heavy atom. The molecule has 0 amide bonds. The Labute approximate surface area is 101 Å². The maximum atomic E-state index is 11.5. The van der Waals surface area contributed by atoms with E-state index in [0.717, 1.165) is 23.4 Å². The zero-order chi connectivity index (χ0) is 12.8. The molecule has 17 heavy (non-hydrogen) atoms. The SMILES string of the molecule is CCc1c(C)nn(C2CS(=O)(=O)CC2O)c1C. The molecule has 2 heterocycles. The first kappa shape index (κ1) is 12.6. The number of hydrogen-bond donors (Lipinski definition) is 1. The quantitative estimate of drug-likeness (QED) is 0.833. The Balaban J connectivity index is 2.42. The summed E-state index contributed by atoms with van der Waals surface area (Å²) in [4.78, 5) is 0. The fraction of sp³-hybridized carbons (Fsp3) is 0.727. The van der Waals surface area contributed by atoms with E-state index in [-0.39, 0.29) is 11.5 Å². The molecule has 1 aromatic heterocycles. The van der Waals surface area contributed by atoms with Crippen molar-refractivity contribution in [2.45, 2.75) is 39.3 Å². The minimum Gasteiger partial charge on any atom is -0.390 e. The van der Waals surface area contributed by atoms with Crippen LogP contribution in [-0.2, 0) is 16.3 Å². The van der Waals surface area contributed by atoms with E-state index in [9.17, 15) is 13.5 Å². The van der Waals surface area contributed by atoms with E-state index in [1.807, 2.05) is 20.8 Å². The van der Waals surface area contributed by atoms with Gasteiger partial charge in [0.25, 0.3) is 0 Å². The number of nitrogens with zero attached hydrogens (tertiary/aromatic N) is 2. The molecular formula is C11H18N2O3S. The molecule has 2 rings (SSSR count). The van der Waals surface area contributed by atoms with Crippen molar-refractivity contribution in [1.29, 1.82) is 0 Å². The van der Waals surface area contributed by atoms with Gasteiger partial charge in [0, 0.05) is 5.69 Å². The Kier molecular flexibility index (Phi) is 3.03. The van der Waals surface area contributed by atoms with E-state index in [1.165, 1.54) is 0 Å². The van der Waals surface area contributed by atoms with Gasteiger partial charge in [-0.1, -0.05) is 6.92 Å². The van der Waals surface area contributed by atoms with E-state index in [4.69, 9.17) is 0 Å². The number of rotatable bonds is 2. The molecule has 1 N–H and O–H groups in total. The van der Waals surface area contributed by atoms with Gasteiger partial charge in [-0.2, -0.15) is 5.10 Å². The van der Waals surface area contributed by atoms with Crippen molar-refractivity contribution in [2.24, 2.45) is 0 Å². The van der Waals surface area contributed by atoms with Gasteiger partial charge in [-0.25, -0.2) is 8.42 Å². The smallest absolute Gasteiger partial charge is 0.155 e. The molecule has 0 aromatic carbocycles. The molecule has 0 bridgehead atoms. The highest BCUT2D eigenvalue weighted by molar-refractivity contribution is 7.91. The number of aryl methyl sites for hydroxylation is 1. The summed E-state index contributed by atoms with van der Waals surface area (Å²) in [5.74, 6) is -0.170. The lowest BCUT2D eigenvalue weighted by Gasteiger charge is -2.15. The van der Waals surface area contributed by atoms with Crippen LogP contribution in [0.3, 0.4) is 0 Å². The number of hydrogen-bond acceptors (Lipinski definition) is 4. The highest BCUT2D eigenvalue weighted by Crippen LogP contribution is 2.27. The minimum atomic E-state index is -3.13. The van der Waals surface area contributed by atoms with Crippen LogP contribution < -0.4 is 0 Å². The lowest BCUT2D eigenvalue weighted by Crippen LogP contribution is -2.24. The fourth-order valence-electron chi connectivity index (χ4n) is 2.58. The zero-order valence-electron chi connectivity index (χ0n) is 10.3. The Morgan fingerprint density at radius 1 is 1.41 bits per heavy atom. The van der Waals surface area contributed by atoms with Crippen LogP contribution in [0.2, 0.25) is 0 Å². The summed E-state index contributed by atoms with van der Waals surface area (Å²) in [6.07, 6.45) is 0.0236. The van der Waals surface area contributed by atoms with Gasteiger partial charge in [0.2, 0.25) is 0 Å². The Morgan fingerprint density at radius 3 is 2.47 bits per heavy atom. The highest BCUT2D eigenvalue weighted by Gasteiger charge is 2.39. The molecule has 1 aromatic rings. The van der Waals surface area contributed by atoms with Crippen molar-refractivity contribution in [2.75, 3.05) is 11.5 Å². The van der Waals surface area contributed by atoms with Crippen LogP contribution in [0.15, 0.2) is 0 Å². The number of aliphatic hydroxyl groups is 1. The predicted molar refractivity (Wildman–Crippen MR) is 64.8 cm³/mol. The second-order valence-corrected chi connectivity index (χ2v) is 6.81. The zero-order valence-corrected chi connectivity index (χ0v) is 11.2. The largest absolute Gasteiger partial charge is 0.390 e. The van der Waals surface area contributed by atoms with Gasteiger partial charge >= 0.3 is 0 Å². The monoisotopic (exact) mass is 258 g/mol. The third-order valence-electron chi connectivity index (χ3n) is 3.44. The van der Waals surface area contributed by atoms with Crippen LogP contribution in [0, 0.1) is 13.8 Å². The van der Waals surface area contributed by atoms with Gasteiger partial charge in [0.1, 0.15) is 0 Å². The van der Waals surface area contributed by atoms with Crippen molar-refractivity contribution in [3.05, 3.63) is 17.0 Å². The summed E-state index contributed by atoms with van der Waals surface area (Å²) in [6.45, 7) is 5.89. The summed E-state index contributed by atoms with van der Waals surface area (Å²) in [6, 6.07) is -0.431. The van der Waals surface area contributed by atoms with Gasteiger partial charge in [0.05, 0.1) is 29.3 Å². The average Bonchev–Trinajstić information content (AvgIpc) is 2.63. The first-order valence-electron chi connectivity index (χ1n) is 5.78. The minimum absolute atomic E-state index is 0.0146. The average molecular weight is 258 g/mol. The van der Waals surface area contributed by atoms with E-state index in [2.05, 4.69) is 5.10 Å². The second kappa shape index (κ2) is 4.10. The molecule has 1 fully saturated rings. The van der Waals surface area contributed by atoms with Crippen LogP contribution in [0.25, 0.3) is 0 Å². The van der Waals surface area contributed by atoms with Crippen LogP contribution in [-0.4, -0.2) is 40.9 Å². The lowest BCUT2D eigenvalue weighted by molar-refractivity contribution is 0.145. The first-order valence-corrected chi connectivity index (χ1v) is 7.61. The van der Waals surface area contributed by atoms with Crippen molar-refractivity contribution in [3.63, 3.8) is 0 Å². The van der Waals surface area contributed by atoms with Gasteiger partial charge in [0.15, 0.2) is 9.84 Å². The summed E-state index contributed by atoms with van der Waals surface area (Å²) in [5, 5.41) is 14.2. The van der Waals surface area contributed by atoms with Crippen molar-refractivity contribution < 1.29 is 13.5 Å². The molecule has 2 atom stereocenters. The van der Waals surface area contributed by atoms with E-state index in [1.54, 1.807) is 4.68 Å². The number of aromatic nitrogens is 2. The standard InChI is InChI=1S/C11H18N2O3S/c1-4-9-7(2)12-13(8(9)3)10-5-17(15,16)6-11(10)14/h10-11,14H,4-6H2,1-3H3. The van der Waals surface area contributed by atoms with Gasteiger partial charge in [-0.3, -0.25) is 4.68 Å². The molecular weight excluding hydrogens is 240 g/mol. The van der Waals surface area contributed by atoms with E-state index >= 15 is 0 Å². The maximum Gasteiger partial charge on any atom is 0.155 e. The molecule has 2 unspecified atom stereocenters. The molecule has 5 nitrogen and oxygen atoms in total. The summed E-state index contributed by atoms with van der Waals surface area (Å²) in [5.41, 5.74) is 3.02. The molecule has 0 spiro atoms. The summed E-state index contributed by atoms with van der Waals surface area (Å²) >= 11 is 0. The van der Waals surface area contributed by atoms with Gasteiger partial charge < -0.3 is 5.11 Å². The molecule has 1 saturated heterocycles. The predicted octanol–water partition coefficient (Wildman–Crippen LogP) is 0.393. The van der Waals surface area contributed by atoms with Crippen LogP contribution >= 0.6 is 0 Å². The lowest BCUT2D eigenvalue weighted by atomic mass is 10.1. The number of aliphatic hydroxyl groups excluding tert-OH is 1. The molecule has 0 saturated carbocycles. The van der Waals surface area contributed by atoms with Crippen LogP contribution in [0.4, 0.5) is 0 Å². The van der Waals surface area contributed by atoms with Crippen molar-refractivity contribution >= 4 is 9.84 Å². The second-order valence-electron chi connectivity index (χ2n) is 4.66. The third-order valence-corrected chi connectivity index (χ3v) is 5.13. The summed E-state index contributed by atoms with van der Waals surface area (Å²) in [7, 11) is -3.13. The highest BCUT2D eigenvalue weighted by atomic mass is 32.2. The Bertz CT molecular complexity index is 533. The number of sulfone groups is 1. The van der Waals surface area contributed by atoms with Crippen LogP contribution in [0.1, 0.15) is 29.9 Å². The third kappa shape index (κ3) is 2.11. The van der Waals surface area contributed by atoms with E-state index in [0.29, 0.717) is 0 Å². The van der Waals surface area contributed by atoms with Crippen molar-refractivity contribution in [3.8, 4) is 0 Å². The first-order chi connectivity index (χ1) is 7.85. The normalized spacial score (nSPS) is 27.5. The maximum absolute atomic E-state index is 11.5. The molecule has 1 aliphatic rings.